The minimum atomic E-state index is -5.08. The van der Waals surface area contributed by atoms with Gasteiger partial charge < -0.3 is 41.5 Å². The maximum Gasteiger partial charge on any atom is 0.490 e. The summed E-state index contributed by atoms with van der Waals surface area (Å²) in [5.41, 5.74) is 4.41. The Hall–Kier alpha value is -4.89. The lowest BCUT2D eigenvalue weighted by Crippen LogP contribution is -2.76. The van der Waals surface area contributed by atoms with Crippen molar-refractivity contribution in [3.63, 3.8) is 0 Å². The number of halogens is 3. The Kier molecular flexibility index (Phi) is 11.6. The highest BCUT2D eigenvalue weighted by Crippen LogP contribution is 2.33. The zero-order chi connectivity index (χ0) is 37.9. The number of nitrogens with two attached hydrogens (primary N) is 1. The van der Waals surface area contributed by atoms with Crippen molar-refractivity contribution in [1.82, 2.24) is 25.7 Å². The third kappa shape index (κ3) is 9.88. The standard InChI is InChI=1S/C23H26N8O10S3.C2HF3O2/c1-23(2)17(19(33)31(23)41-44(36,37)38)29-18(32)16(13-9-42-21(24)27-13)30-40-14(20(34)35)8-39-11-3-4-12-15(5-11)43-22(28-12)26-10-6-25-7-10;3-2(4,5)1(6)7/h3-5,9-10,14,17,25H,6-8H2,1-2H3,(H2,24,27)(H,26,28)(H,29,32)(H,34,35)(H,36,37,38);(H,6,7). The van der Waals surface area contributed by atoms with Crippen LogP contribution in [0.2, 0.25) is 0 Å². The molecule has 2 aliphatic heterocycles. The number of nitrogens with zero attached hydrogens (tertiary/aromatic N) is 4. The van der Waals surface area contributed by atoms with Crippen molar-refractivity contribution in [3.8, 4) is 5.75 Å². The number of alkyl halides is 3. The van der Waals surface area contributed by atoms with Gasteiger partial charge in [0.2, 0.25) is 0 Å². The fraction of sp³-hybridized carbons (Fsp3) is 0.400. The topological polar surface area (TPSA) is 294 Å². The first-order valence-corrected chi connectivity index (χ1v) is 17.0. The largest absolute Gasteiger partial charge is 0.490 e. The molecule has 0 radical (unpaired) electrons. The highest BCUT2D eigenvalue weighted by atomic mass is 32.3. The van der Waals surface area contributed by atoms with Gasteiger partial charge in [-0.05, 0) is 32.0 Å². The number of nitrogens with one attached hydrogen (secondary N) is 3. The number of oxime groups is 1. The molecule has 51 heavy (non-hydrogen) atoms. The van der Waals surface area contributed by atoms with Crippen LogP contribution in [0, 0.1) is 0 Å². The van der Waals surface area contributed by atoms with E-state index in [1.54, 1.807) is 18.2 Å². The molecule has 0 saturated carbocycles. The normalized spacial score (nSPS) is 18.1. The molecule has 2 atom stereocenters. The summed E-state index contributed by atoms with van der Waals surface area (Å²) in [6.07, 6.45) is -6.75. The second-order valence-electron chi connectivity index (χ2n) is 10.9. The van der Waals surface area contributed by atoms with E-state index in [1.807, 2.05) is 0 Å². The molecule has 20 nitrogen and oxygen atoms in total. The van der Waals surface area contributed by atoms with Crippen molar-refractivity contribution in [3.05, 3.63) is 29.3 Å². The van der Waals surface area contributed by atoms with Crippen molar-refractivity contribution < 1.29 is 69.4 Å². The van der Waals surface area contributed by atoms with Crippen LogP contribution < -0.4 is 26.4 Å². The van der Waals surface area contributed by atoms with Crippen LogP contribution in [-0.2, 0) is 38.7 Å². The number of aliphatic carboxylic acids is 2. The SMILES string of the molecule is CC1(C)C(NC(=O)C(=NOC(COc2ccc3nc(NC4CNC4)sc3c2)C(=O)O)c2csc(N)n2)C(=O)N1OS(=O)(=O)O.O=C(O)C(F)(F)F. The van der Waals surface area contributed by atoms with Crippen LogP contribution in [0.4, 0.5) is 23.4 Å². The predicted molar refractivity (Wildman–Crippen MR) is 170 cm³/mol. The summed E-state index contributed by atoms with van der Waals surface area (Å²) < 4.78 is 73.6. The molecule has 4 heterocycles. The Labute approximate surface area is 292 Å². The molecule has 2 aromatic heterocycles. The number of thiazole rings is 2. The maximum absolute atomic E-state index is 13.2. The lowest BCUT2D eigenvalue weighted by Gasteiger charge is -2.50. The molecule has 0 aliphatic carbocycles. The second kappa shape index (κ2) is 15.2. The van der Waals surface area contributed by atoms with Crippen LogP contribution in [-0.4, -0.2) is 117 Å². The van der Waals surface area contributed by atoms with Crippen LogP contribution in [0.15, 0.2) is 28.7 Å². The number of aromatic nitrogens is 2. The summed E-state index contributed by atoms with van der Waals surface area (Å²) in [4.78, 5) is 60.2. The molecule has 278 valence electrons. The number of carbonyl (C=O) groups is 4. The number of carbonyl (C=O) groups excluding carboxylic acids is 2. The molecule has 2 aliphatic rings. The number of carboxylic acids is 2. The number of hydrogen-bond acceptors (Lipinski definition) is 17. The van der Waals surface area contributed by atoms with Crippen molar-refractivity contribution in [1.29, 1.82) is 0 Å². The molecular formula is C25H27F3N8O12S3. The molecule has 0 spiro atoms. The van der Waals surface area contributed by atoms with E-state index in [2.05, 4.69) is 35.4 Å². The van der Waals surface area contributed by atoms with Crippen LogP contribution >= 0.6 is 22.7 Å². The Morgan fingerprint density at radius 1 is 1.24 bits per heavy atom. The second-order valence-corrected chi connectivity index (χ2v) is 13.8. The van der Waals surface area contributed by atoms with E-state index in [1.165, 1.54) is 30.6 Å². The van der Waals surface area contributed by atoms with Gasteiger partial charge in [-0.15, -0.1) is 15.6 Å². The number of β-lactam (4-membered cyclic amide) rings is 1. The number of fused-ring (bicyclic) bond motifs is 1. The van der Waals surface area contributed by atoms with Crippen LogP contribution in [0.1, 0.15) is 19.5 Å². The predicted octanol–water partition coefficient (Wildman–Crippen LogP) is 0.445. The summed E-state index contributed by atoms with van der Waals surface area (Å²) >= 11 is 2.39. The highest BCUT2D eigenvalue weighted by Gasteiger charge is 2.58. The first-order chi connectivity index (χ1) is 23.7. The number of anilines is 2. The van der Waals surface area contributed by atoms with E-state index in [0.717, 1.165) is 39.8 Å². The Bertz CT molecular complexity index is 1950. The lowest BCUT2D eigenvalue weighted by atomic mass is 9.84. The van der Waals surface area contributed by atoms with Gasteiger partial charge in [-0.1, -0.05) is 16.5 Å². The zero-order valence-corrected chi connectivity index (χ0v) is 28.4. The molecule has 26 heteroatoms. The Balaban J connectivity index is 0.000000755. The van der Waals surface area contributed by atoms with Crippen molar-refractivity contribution >= 4 is 83.0 Å². The summed E-state index contributed by atoms with van der Waals surface area (Å²) in [5.74, 6) is -5.86. The Morgan fingerprint density at radius 3 is 2.41 bits per heavy atom. The maximum atomic E-state index is 13.2. The smallest absolute Gasteiger partial charge is 0.489 e. The van der Waals surface area contributed by atoms with Gasteiger partial charge >= 0.3 is 28.5 Å². The van der Waals surface area contributed by atoms with Crippen LogP contribution in [0.3, 0.4) is 0 Å². The number of benzene rings is 1. The number of ether oxygens (including phenoxy) is 1. The van der Waals surface area contributed by atoms with Gasteiger partial charge in [0, 0.05) is 18.5 Å². The molecule has 2 amide bonds. The number of amides is 2. The minimum Gasteiger partial charge on any atom is -0.489 e. The average Bonchev–Trinajstić information content (AvgIpc) is 3.62. The van der Waals surface area contributed by atoms with E-state index in [4.69, 9.17) is 29.8 Å². The average molecular weight is 785 g/mol. The minimum absolute atomic E-state index is 0.0626. The third-order valence-electron chi connectivity index (χ3n) is 6.76. The van der Waals surface area contributed by atoms with Crippen molar-refractivity contribution in [2.75, 3.05) is 30.7 Å². The first-order valence-electron chi connectivity index (χ1n) is 14.0. The quantitative estimate of drug-likeness (QED) is 0.0536. The van der Waals surface area contributed by atoms with Gasteiger partial charge in [0.1, 0.15) is 24.1 Å². The molecule has 2 fully saturated rings. The van der Waals surface area contributed by atoms with E-state index < -0.39 is 70.3 Å². The van der Waals surface area contributed by atoms with Gasteiger partial charge in [0.05, 0.1) is 21.8 Å². The summed E-state index contributed by atoms with van der Waals surface area (Å²) in [7, 11) is -5.01. The van der Waals surface area contributed by atoms with E-state index in [0.29, 0.717) is 16.9 Å². The number of carboxylic acid groups (broad SMARTS) is 2. The highest BCUT2D eigenvalue weighted by molar-refractivity contribution is 7.80. The van der Waals surface area contributed by atoms with Gasteiger partial charge in [-0.3, -0.25) is 14.1 Å². The molecule has 8 N–H and O–H groups in total. The fourth-order valence-electron chi connectivity index (χ4n) is 4.08. The van der Waals surface area contributed by atoms with E-state index in [9.17, 15) is 41.1 Å². The van der Waals surface area contributed by atoms with Crippen molar-refractivity contribution in [2.45, 2.75) is 43.8 Å². The molecule has 0 bridgehead atoms. The number of rotatable bonds is 13. The zero-order valence-electron chi connectivity index (χ0n) is 25.9. The lowest BCUT2D eigenvalue weighted by molar-refractivity contribution is -0.218. The van der Waals surface area contributed by atoms with E-state index in [-0.39, 0.29) is 10.8 Å². The number of hydroxylamine groups is 2. The molecule has 2 unspecified atom stereocenters. The monoisotopic (exact) mass is 784 g/mol. The van der Waals surface area contributed by atoms with E-state index >= 15 is 0 Å². The number of nitrogen functional groups attached to an aromatic ring is 1. The van der Waals surface area contributed by atoms with Crippen molar-refractivity contribution in [2.24, 2.45) is 5.16 Å². The summed E-state index contributed by atoms with van der Waals surface area (Å²) in [6, 6.07) is 4.06. The molecular weight excluding hydrogens is 758 g/mol. The number of hydrogen-bond donors (Lipinski definition) is 7. The van der Waals surface area contributed by atoms with Crippen LogP contribution in [0.25, 0.3) is 10.2 Å². The summed E-state index contributed by atoms with van der Waals surface area (Å²) in [6.45, 7) is 3.94. The fourth-order valence-corrected chi connectivity index (χ4v) is 6.05. The van der Waals surface area contributed by atoms with Gasteiger partial charge in [0.15, 0.2) is 16.0 Å². The van der Waals surface area contributed by atoms with Gasteiger partial charge in [-0.2, -0.15) is 26.7 Å². The van der Waals surface area contributed by atoms with Gasteiger partial charge in [-0.25, -0.2) is 19.6 Å². The molecule has 2 saturated heterocycles. The molecule has 5 rings (SSSR count). The third-order valence-corrected chi connectivity index (χ3v) is 8.72. The Morgan fingerprint density at radius 2 is 1.90 bits per heavy atom. The molecule has 3 aromatic rings. The molecule has 1 aromatic carbocycles. The first kappa shape index (κ1) is 38.9. The van der Waals surface area contributed by atoms with Crippen LogP contribution in [0.5, 0.6) is 5.75 Å². The van der Waals surface area contributed by atoms with Gasteiger partial charge in [0.25, 0.3) is 17.9 Å². The summed E-state index contributed by atoms with van der Waals surface area (Å²) in [5, 5.41) is 32.0.